The first-order valence-electron chi connectivity index (χ1n) is 3.20. The van der Waals surface area contributed by atoms with Crippen LogP contribution in [0.15, 0.2) is 21.7 Å². The Bertz CT molecular complexity index is 370. The molecule has 0 N–H and O–H groups in total. The van der Waals surface area contributed by atoms with Crippen LogP contribution < -0.4 is 0 Å². The van der Waals surface area contributed by atoms with Gasteiger partial charge in [-0.1, -0.05) is 23.2 Å². The van der Waals surface area contributed by atoms with E-state index in [0.717, 1.165) is 0 Å². The quantitative estimate of drug-likeness (QED) is 0.603. The van der Waals surface area contributed by atoms with Crippen molar-refractivity contribution in [1.29, 1.82) is 10.5 Å². The fraction of sp³-hybridized carbons (Fsp3) is 0.125. The van der Waals surface area contributed by atoms with Gasteiger partial charge in [0.25, 0.3) is 0 Å². The Morgan fingerprint density at radius 1 is 1.23 bits per heavy atom. The molecule has 5 heteroatoms. The molecular weight excluding hydrogens is 230 g/mol. The highest BCUT2D eigenvalue weighted by Crippen LogP contribution is 2.38. The van der Waals surface area contributed by atoms with Gasteiger partial charge in [0.2, 0.25) is 0 Å². The molecule has 0 amide bonds. The van der Waals surface area contributed by atoms with Gasteiger partial charge in [-0.2, -0.15) is 10.5 Å². The van der Waals surface area contributed by atoms with Crippen molar-refractivity contribution in [2.45, 2.75) is 5.38 Å². The number of allylic oxidation sites excluding steroid dienone is 4. The number of hydrogen-bond acceptors (Lipinski definition) is 2. The number of hydrogen-bond donors (Lipinski definition) is 0. The number of rotatable bonds is 0. The van der Waals surface area contributed by atoms with Crippen molar-refractivity contribution >= 4 is 34.8 Å². The molecule has 0 aromatic carbocycles. The van der Waals surface area contributed by atoms with Gasteiger partial charge < -0.3 is 0 Å². The van der Waals surface area contributed by atoms with Crippen molar-refractivity contribution in [2.24, 2.45) is 0 Å². The Morgan fingerprint density at radius 3 is 2.31 bits per heavy atom. The molecule has 0 bridgehead atoms. The molecule has 1 aliphatic rings. The van der Waals surface area contributed by atoms with Crippen molar-refractivity contribution in [2.75, 3.05) is 0 Å². The molecule has 0 aromatic rings. The molecule has 0 aromatic heterocycles. The molecule has 0 heterocycles. The normalized spacial score (nSPS) is 23.5. The van der Waals surface area contributed by atoms with Crippen LogP contribution in [0, 0.1) is 28.6 Å². The zero-order chi connectivity index (χ0) is 10.0. The lowest BCUT2D eigenvalue weighted by Gasteiger charge is -2.18. The second-order valence-corrected chi connectivity index (χ2v) is 3.48. The van der Waals surface area contributed by atoms with Gasteiger partial charge in [-0.25, -0.2) is 0 Å². The van der Waals surface area contributed by atoms with Crippen LogP contribution in [-0.4, -0.2) is 5.38 Å². The van der Waals surface area contributed by atoms with Crippen molar-refractivity contribution in [3.05, 3.63) is 27.6 Å². The highest BCUT2D eigenvalue weighted by molar-refractivity contribution is 6.43. The number of nitriles is 2. The van der Waals surface area contributed by atoms with E-state index < -0.39 is 5.38 Å². The minimum absolute atomic E-state index is 0.114. The molecule has 0 saturated heterocycles. The van der Waals surface area contributed by atoms with Crippen LogP contribution in [0.25, 0.3) is 0 Å². The van der Waals surface area contributed by atoms with E-state index in [1.807, 2.05) is 12.1 Å². The van der Waals surface area contributed by atoms with E-state index in [4.69, 9.17) is 45.3 Å². The fourth-order valence-electron chi connectivity index (χ4n) is 0.863. The summed E-state index contributed by atoms with van der Waals surface area (Å²) in [6, 6.07) is 3.67. The van der Waals surface area contributed by atoms with Crippen LogP contribution in [-0.2, 0) is 0 Å². The summed E-state index contributed by atoms with van der Waals surface area (Å²) in [7, 11) is 0. The van der Waals surface area contributed by atoms with Gasteiger partial charge in [0.1, 0.15) is 5.92 Å². The highest BCUT2D eigenvalue weighted by atomic mass is 35.5. The third-order valence-corrected chi connectivity index (χ3v) is 2.76. The maximum Gasteiger partial charge on any atom is 0.141 e. The monoisotopic (exact) mass is 231 g/mol. The standard InChI is InChI=1S/C8H2Cl3N2/c9-6-1-4(2-12)7(10)5(3-13)8(6)11/h1,7H. The topological polar surface area (TPSA) is 47.6 Å². The molecule has 1 rings (SSSR count). The summed E-state index contributed by atoms with van der Waals surface area (Å²) in [6.07, 6.45) is 1.36. The van der Waals surface area contributed by atoms with Crippen LogP contribution in [0.1, 0.15) is 0 Å². The highest BCUT2D eigenvalue weighted by Gasteiger charge is 2.32. The van der Waals surface area contributed by atoms with Gasteiger partial charge in [0.05, 0.1) is 33.2 Å². The van der Waals surface area contributed by atoms with Crippen molar-refractivity contribution < 1.29 is 0 Å². The summed E-state index contributed by atoms with van der Waals surface area (Å²) in [5.41, 5.74) is 0.229. The summed E-state index contributed by atoms with van der Waals surface area (Å²) in [6.45, 7) is 0. The summed E-state index contributed by atoms with van der Waals surface area (Å²) >= 11 is 17.2. The second kappa shape index (κ2) is 4.03. The molecule has 1 atom stereocenters. The molecule has 0 spiro atoms. The average molecular weight is 232 g/mol. The van der Waals surface area contributed by atoms with Crippen molar-refractivity contribution in [3.8, 4) is 12.1 Å². The molecule has 1 aliphatic carbocycles. The minimum atomic E-state index is -0.787. The number of halogens is 3. The largest absolute Gasteiger partial charge is 0.197 e. The lowest BCUT2D eigenvalue weighted by atomic mass is 9.95. The summed E-state index contributed by atoms with van der Waals surface area (Å²) in [5.74, 6) is 0.118. The van der Waals surface area contributed by atoms with Gasteiger partial charge in [-0.15, -0.1) is 11.6 Å². The predicted molar refractivity (Wildman–Crippen MR) is 50.9 cm³/mol. The predicted octanol–water partition coefficient (Wildman–Crippen LogP) is 2.84. The van der Waals surface area contributed by atoms with Crippen molar-refractivity contribution in [3.63, 3.8) is 0 Å². The van der Waals surface area contributed by atoms with Gasteiger partial charge >= 0.3 is 0 Å². The molecule has 65 valence electrons. The molecule has 0 fully saturated rings. The van der Waals surface area contributed by atoms with E-state index in [0.29, 0.717) is 0 Å². The van der Waals surface area contributed by atoms with Gasteiger partial charge in [0, 0.05) is 0 Å². The first-order valence-corrected chi connectivity index (χ1v) is 4.39. The minimum Gasteiger partial charge on any atom is -0.197 e. The zero-order valence-corrected chi connectivity index (χ0v) is 8.45. The maximum absolute atomic E-state index is 8.68. The number of nitrogens with zero attached hydrogens (tertiary/aromatic N) is 2. The van der Waals surface area contributed by atoms with Crippen molar-refractivity contribution in [1.82, 2.24) is 0 Å². The fourth-order valence-corrected chi connectivity index (χ4v) is 1.61. The Balaban J connectivity index is 3.19. The van der Waals surface area contributed by atoms with E-state index in [1.54, 1.807) is 0 Å². The summed E-state index contributed by atoms with van der Waals surface area (Å²) in [4.78, 5) is 0. The lowest BCUT2D eigenvalue weighted by molar-refractivity contribution is 1.08. The molecule has 13 heavy (non-hydrogen) atoms. The maximum atomic E-state index is 8.68. The Hall–Kier alpha value is -0.670. The smallest absolute Gasteiger partial charge is 0.141 e. The van der Waals surface area contributed by atoms with Gasteiger partial charge in [-0.05, 0) is 6.08 Å². The first-order chi connectivity index (χ1) is 6.11. The zero-order valence-electron chi connectivity index (χ0n) is 6.18. The van der Waals surface area contributed by atoms with E-state index in [2.05, 4.69) is 0 Å². The van der Waals surface area contributed by atoms with Crippen LogP contribution >= 0.6 is 34.8 Å². The SMILES string of the molecule is N#C[C]1C(Cl)=C(Cl)C=C(C#N)C1Cl. The van der Waals surface area contributed by atoms with Gasteiger partial charge in [0.15, 0.2) is 0 Å². The van der Waals surface area contributed by atoms with Crippen LogP contribution in [0.2, 0.25) is 0 Å². The Kier molecular flexibility index (Phi) is 3.22. The second-order valence-electron chi connectivity index (χ2n) is 2.26. The Labute approximate surface area is 90.6 Å². The van der Waals surface area contributed by atoms with E-state index in [9.17, 15) is 0 Å². The molecule has 2 nitrogen and oxygen atoms in total. The molecule has 1 unspecified atom stereocenters. The molecule has 0 aliphatic heterocycles. The van der Waals surface area contributed by atoms with Gasteiger partial charge in [-0.3, -0.25) is 0 Å². The van der Waals surface area contributed by atoms with Crippen LogP contribution in [0.4, 0.5) is 0 Å². The van der Waals surface area contributed by atoms with E-state index in [1.165, 1.54) is 6.08 Å². The summed E-state index contributed by atoms with van der Waals surface area (Å²) < 4.78 is 0. The molecule has 0 saturated carbocycles. The Morgan fingerprint density at radius 2 is 1.85 bits per heavy atom. The molecule has 1 radical (unpaired) electrons. The van der Waals surface area contributed by atoms with Crippen LogP contribution in [0.3, 0.4) is 0 Å². The first kappa shape index (κ1) is 10.4. The lowest BCUT2D eigenvalue weighted by Crippen LogP contribution is -2.17. The summed E-state index contributed by atoms with van der Waals surface area (Å²) in [5, 5.41) is 16.8. The third kappa shape index (κ3) is 1.81. The number of alkyl halides is 1. The molecular formula is C8H2Cl3N2. The van der Waals surface area contributed by atoms with Crippen LogP contribution in [0.5, 0.6) is 0 Å². The third-order valence-electron chi connectivity index (χ3n) is 1.50. The van der Waals surface area contributed by atoms with E-state index in [-0.39, 0.29) is 21.6 Å². The average Bonchev–Trinajstić information content (AvgIpc) is 2.12. The van der Waals surface area contributed by atoms with E-state index >= 15 is 0 Å².